The third-order valence-electron chi connectivity index (χ3n) is 4.50. The van der Waals surface area contributed by atoms with E-state index in [4.69, 9.17) is 4.98 Å². The molecule has 0 bridgehead atoms. The third-order valence-corrected chi connectivity index (χ3v) is 4.50. The van der Waals surface area contributed by atoms with Gasteiger partial charge in [0.25, 0.3) is 0 Å². The number of carbonyl (C=O) groups excluding carboxylic acids is 1. The van der Waals surface area contributed by atoms with Crippen LogP contribution >= 0.6 is 0 Å². The van der Waals surface area contributed by atoms with Gasteiger partial charge in [-0.1, -0.05) is 12.1 Å². The molecule has 1 aromatic heterocycles. The van der Waals surface area contributed by atoms with Gasteiger partial charge in [-0.15, -0.1) is 0 Å². The molecule has 1 aliphatic carbocycles. The molecule has 2 aliphatic rings. The molecule has 1 aromatic carbocycles. The summed E-state index contributed by atoms with van der Waals surface area (Å²) in [7, 11) is 2.03. The van der Waals surface area contributed by atoms with Gasteiger partial charge in [0, 0.05) is 19.6 Å². The number of benzene rings is 1. The number of aryl methyl sites for hydroxylation is 1. The fourth-order valence-electron chi connectivity index (χ4n) is 3.19. The first-order chi connectivity index (χ1) is 10.2. The summed E-state index contributed by atoms with van der Waals surface area (Å²) in [6.07, 6.45) is 4.23. The van der Waals surface area contributed by atoms with Crippen molar-refractivity contribution in [2.45, 2.75) is 37.8 Å². The maximum atomic E-state index is 12.4. The molecule has 2 heterocycles. The van der Waals surface area contributed by atoms with Crippen LogP contribution in [0.25, 0.3) is 11.0 Å². The first kappa shape index (κ1) is 12.7. The number of nitrogens with one attached hydrogen (secondary N) is 1. The smallest absolute Gasteiger partial charge is 0.243 e. The second kappa shape index (κ2) is 4.76. The highest BCUT2D eigenvalue weighted by atomic mass is 16.2. The number of nitrogens with zero attached hydrogens (tertiary/aromatic N) is 3. The lowest BCUT2D eigenvalue weighted by atomic mass is 10.2. The molecule has 5 nitrogen and oxygen atoms in total. The predicted molar refractivity (Wildman–Crippen MR) is 82.2 cm³/mol. The fraction of sp³-hybridized carbons (Fsp3) is 0.500. The molecule has 0 spiro atoms. The zero-order chi connectivity index (χ0) is 14.4. The molecule has 1 N–H and O–H groups in total. The summed E-state index contributed by atoms with van der Waals surface area (Å²) in [4.78, 5) is 19.3. The van der Waals surface area contributed by atoms with E-state index in [-0.39, 0.29) is 11.9 Å². The van der Waals surface area contributed by atoms with Crippen molar-refractivity contribution in [3.63, 3.8) is 0 Å². The standard InChI is InChI=1S/C16H20N4O/c1-19-13-6-3-2-5-12(13)18-16(19)20-10-4-7-14(20)15(21)17-11-8-9-11/h2-3,5-6,11,14H,4,7-10H2,1H3,(H,17,21)/t14-/m0/s1. The maximum absolute atomic E-state index is 12.4. The Morgan fingerprint density at radius 3 is 2.86 bits per heavy atom. The monoisotopic (exact) mass is 284 g/mol. The van der Waals surface area contributed by atoms with Gasteiger partial charge >= 0.3 is 0 Å². The highest BCUT2D eigenvalue weighted by molar-refractivity contribution is 5.87. The second-order valence-corrected chi connectivity index (χ2v) is 6.09. The van der Waals surface area contributed by atoms with Crippen LogP contribution in [0.3, 0.4) is 0 Å². The van der Waals surface area contributed by atoms with Gasteiger partial charge in [-0.05, 0) is 37.8 Å². The molecule has 0 unspecified atom stereocenters. The molecule has 110 valence electrons. The van der Waals surface area contributed by atoms with Gasteiger partial charge in [-0.3, -0.25) is 4.79 Å². The molecule has 1 amide bonds. The first-order valence-electron chi connectivity index (χ1n) is 7.72. The minimum atomic E-state index is -0.0684. The Balaban J connectivity index is 1.66. The van der Waals surface area contributed by atoms with Gasteiger partial charge in [-0.25, -0.2) is 4.98 Å². The van der Waals surface area contributed by atoms with Gasteiger partial charge in [0.05, 0.1) is 11.0 Å². The van der Waals surface area contributed by atoms with E-state index in [1.165, 1.54) is 0 Å². The first-order valence-corrected chi connectivity index (χ1v) is 7.72. The summed E-state index contributed by atoms with van der Waals surface area (Å²) in [6.45, 7) is 0.903. The highest BCUT2D eigenvalue weighted by Gasteiger charge is 2.35. The van der Waals surface area contributed by atoms with Crippen LogP contribution in [0, 0.1) is 0 Å². The van der Waals surface area contributed by atoms with Crippen molar-refractivity contribution < 1.29 is 4.79 Å². The molecule has 21 heavy (non-hydrogen) atoms. The topological polar surface area (TPSA) is 50.2 Å². The average Bonchev–Trinajstić information content (AvgIpc) is 3.06. The van der Waals surface area contributed by atoms with E-state index in [0.717, 1.165) is 49.2 Å². The van der Waals surface area contributed by atoms with Gasteiger partial charge < -0.3 is 14.8 Å². The van der Waals surface area contributed by atoms with Crippen LogP contribution in [0.15, 0.2) is 24.3 Å². The van der Waals surface area contributed by atoms with E-state index in [2.05, 4.69) is 20.9 Å². The van der Waals surface area contributed by atoms with Crippen molar-refractivity contribution in [1.82, 2.24) is 14.9 Å². The Bertz CT molecular complexity index is 689. The van der Waals surface area contributed by atoms with Crippen molar-refractivity contribution in [3.8, 4) is 0 Å². The van der Waals surface area contributed by atoms with Crippen LogP contribution in [-0.2, 0) is 11.8 Å². The molecule has 1 aliphatic heterocycles. The summed E-state index contributed by atoms with van der Waals surface area (Å²) in [5.41, 5.74) is 2.10. The lowest BCUT2D eigenvalue weighted by Gasteiger charge is -2.24. The minimum Gasteiger partial charge on any atom is -0.352 e. The molecule has 1 saturated heterocycles. The molecular weight excluding hydrogens is 264 g/mol. The number of hydrogen-bond donors (Lipinski definition) is 1. The summed E-state index contributed by atoms with van der Waals surface area (Å²) in [6, 6.07) is 8.46. The molecule has 4 rings (SSSR count). The summed E-state index contributed by atoms with van der Waals surface area (Å²) >= 11 is 0. The predicted octanol–water partition coefficient (Wildman–Crippen LogP) is 1.82. The number of anilines is 1. The number of fused-ring (bicyclic) bond motifs is 1. The van der Waals surface area contributed by atoms with Gasteiger partial charge in [0.2, 0.25) is 11.9 Å². The number of imidazole rings is 1. The van der Waals surface area contributed by atoms with E-state index in [1.54, 1.807) is 0 Å². The zero-order valence-corrected chi connectivity index (χ0v) is 12.2. The van der Waals surface area contributed by atoms with Crippen LogP contribution in [0.2, 0.25) is 0 Å². The number of amides is 1. The third kappa shape index (κ3) is 2.17. The van der Waals surface area contributed by atoms with Crippen LogP contribution < -0.4 is 10.2 Å². The van der Waals surface area contributed by atoms with Crippen molar-refractivity contribution in [3.05, 3.63) is 24.3 Å². The average molecular weight is 284 g/mol. The number of carbonyl (C=O) groups is 1. The fourth-order valence-corrected chi connectivity index (χ4v) is 3.19. The summed E-state index contributed by atoms with van der Waals surface area (Å²) in [5.74, 6) is 1.08. The summed E-state index contributed by atoms with van der Waals surface area (Å²) in [5, 5.41) is 3.13. The highest BCUT2D eigenvalue weighted by Crippen LogP contribution is 2.28. The van der Waals surface area contributed by atoms with Gasteiger partial charge in [0.1, 0.15) is 6.04 Å². The SMILES string of the molecule is Cn1c(N2CCC[C@H]2C(=O)NC2CC2)nc2ccccc21. The van der Waals surface area contributed by atoms with Crippen LogP contribution in [0.5, 0.6) is 0 Å². The van der Waals surface area contributed by atoms with E-state index < -0.39 is 0 Å². The zero-order valence-electron chi connectivity index (χ0n) is 12.2. The largest absolute Gasteiger partial charge is 0.352 e. The Hall–Kier alpha value is -2.04. The Kier molecular flexibility index (Phi) is 2.87. The molecule has 1 atom stereocenters. The van der Waals surface area contributed by atoms with Crippen LogP contribution in [-0.4, -0.2) is 34.1 Å². The van der Waals surface area contributed by atoms with Crippen molar-refractivity contribution >= 4 is 22.9 Å². The normalized spacial score (nSPS) is 22.0. The summed E-state index contributed by atoms with van der Waals surface area (Å²) < 4.78 is 2.10. The number of rotatable bonds is 3. The second-order valence-electron chi connectivity index (χ2n) is 6.09. The van der Waals surface area contributed by atoms with Crippen molar-refractivity contribution in [2.24, 2.45) is 7.05 Å². The Morgan fingerprint density at radius 2 is 2.10 bits per heavy atom. The van der Waals surface area contributed by atoms with Gasteiger partial charge in [-0.2, -0.15) is 0 Å². The number of hydrogen-bond acceptors (Lipinski definition) is 3. The van der Waals surface area contributed by atoms with Crippen molar-refractivity contribution in [1.29, 1.82) is 0 Å². The lowest BCUT2D eigenvalue weighted by Crippen LogP contribution is -2.45. The van der Waals surface area contributed by atoms with Gasteiger partial charge in [0.15, 0.2) is 0 Å². The maximum Gasteiger partial charge on any atom is 0.243 e. The van der Waals surface area contributed by atoms with E-state index >= 15 is 0 Å². The van der Waals surface area contributed by atoms with Crippen molar-refractivity contribution in [2.75, 3.05) is 11.4 Å². The molecular formula is C16H20N4O. The molecule has 0 radical (unpaired) electrons. The number of para-hydroxylation sites is 2. The molecule has 1 saturated carbocycles. The van der Waals surface area contributed by atoms with E-state index in [0.29, 0.717) is 6.04 Å². The lowest BCUT2D eigenvalue weighted by molar-refractivity contribution is -0.122. The van der Waals surface area contributed by atoms with E-state index in [9.17, 15) is 4.79 Å². The molecule has 2 fully saturated rings. The van der Waals surface area contributed by atoms with Crippen LogP contribution in [0.4, 0.5) is 5.95 Å². The van der Waals surface area contributed by atoms with E-state index in [1.807, 2.05) is 25.2 Å². The van der Waals surface area contributed by atoms with Crippen LogP contribution in [0.1, 0.15) is 25.7 Å². The quantitative estimate of drug-likeness (QED) is 0.935. The molecule has 5 heteroatoms. The Morgan fingerprint density at radius 1 is 1.29 bits per heavy atom. The Labute approximate surface area is 123 Å². The minimum absolute atomic E-state index is 0.0684. The number of aromatic nitrogens is 2. The molecule has 2 aromatic rings.